The van der Waals surface area contributed by atoms with Gasteiger partial charge in [-0.25, -0.2) is 8.78 Å². The van der Waals surface area contributed by atoms with Crippen molar-refractivity contribution in [3.8, 4) is 11.4 Å². The lowest BCUT2D eigenvalue weighted by Gasteiger charge is -2.34. The largest absolute Gasteiger partial charge is 0.338 e. The molecule has 2 aromatic carbocycles. The molecule has 1 aliphatic rings. The molecule has 0 radical (unpaired) electrons. The van der Waals surface area contributed by atoms with Crippen molar-refractivity contribution >= 4 is 5.91 Å². The van der Waals surface area contributed by atoms with Crippen molar-refractivity contribution in [2.45, 2.75) is 13.5 Å². The lowest BCUT2D eigenvalue weighted by Crippen LogP contribution is -2.48. The van der Waals surface area contributed by atoms with Crippen molar-refractivity contribution in [1.82, 2.24) is 19.9 Å². The van der Waals surface area contributed by atoms with E-state index in [1.807, 2.05) is 31.2 Å². The first-order chi connectivity index (χ1) is 14.0. The standard InChI is InChI=1S/C21H20F2N4O2/c1-14-4-2-3-5-16(14)20-24-19(29-25-20)13-26-8-10-27(11-9-26)21(28)17-12-15(22)6-7-18(17)23/h2-7,12H,8-11,13H2,1H3. The van der Waals surface area contributed by atoms with E-state index in [-0.39, 0.29) is 5.56 Å². The molecule has 4 rings (SSSR count). The summed E-state index contributed by atoms with van der Waals surface area (Å²) in [6.45, 7) is 4.43. The Kier molecular flexibility index (Phi) is 5.35. The highest BCUT2D eigenvalue weighted by Gasteiger charge is 2.25. The van der Waals surface area contributed by atoms with Crippen LogP contribution >= 0.6 is 0 Å². The van der Waals surface area contributed by atoms with Gasteiger partial charge in [-0.2, -0.15) is 4.98 Å². The summed E-state index contributed by atoms with van der Waals surface area (Å²) in [5.74, 6) is -0.795. The van der Waals surface area contributed by atoms with Gasteiger partial charge in [-0.05, 0) is 30.7 Å². The van der Waals surface area contributed by atoms with Gasteiger partial charge in [0.15, 0.2) is 0 Å². The summed E-state index contributed by atoms with van der Waals surface area (Å²) in [5, 5.41) is 4.06. The normalized spacial score (nSPS) is 14.9. The number of benzene rings is 2. The van der Waals surface area contributed by atoms with E-state index >= 15 is 0 Å². The second-order valence-electron chi connectivity index (χ2n) is 7.02. The molecule has 150 valence electrons. The Morgan fingerprint density at radius 1 is 1.10 bits per heavy atom. The molecule has 0 spiro atoms. The molecule has 1 aliphatic heterocycles. The third-order valence-corrected chi connectivity index (χ3v) is 5.03. The van der Waals surface area contributed by atoms with Crippen LogP contribution in [0, 0.1) is 18.6 Å². The third kappa shape index (κ3) is 4.17. The van der Waals surface area contributed by atoms with Gasteiger partial charge >= 0.3 is 0 Å². The fourth-order valence-corrected chi connectivity index (χ4v) is 3.38. The fourth-order valence-electron chi connectivity index (χ4n) is 3.38. The SMILES string of the molecule is Cc1ccccc1-c1noc(CN2CCN(C(=O)c3cc(F)ccc3F)CC2)n1. The van der Waals surface area contributed by atoms with E-state index in [2.05, 4.69) is 15.0 Å². The van der Waals surface area contributed by atoms with Crippen molar-refractivity contribution < 1.29 is 18.1 Å². The van der Waals surface area contributed by atoms with E-state index in [0.717, 1.165) is 29.3 Å². The lowest BCUT2D eigenvalue weighted by molar-refractivity contribution is 0.0610. The van der Waals surface area contributed by atoms with Crippen LogP contribution in [0.3, 0.4) is 0 Å². The van der Waals surface area contributed by atoms with E-state index < -0.39 is 17.5 Å². The Morgan fingerprint density at radius 2 is 1.86 bits per heavy atom. The molecule has 0 bridgehead atoms. The Bertz CT molecular complexity index is 1030. The summed E-state index contributed by atoms with van der Waals surface area (Å²) in [5.41, 5.74) is 1.75. The lowest BCUT2D eigenvalue weighted by atomic mass is 10.1. The topological polar surface area (TPSA) is 62.5 Å². The maximum atomic E-state index is 13.9. The summed E-state index contributed by atoms with van der Waals surface area (Å²) in [6, 6.07) is 10.7. The molecule has 3 aromatic rings. The van der Waals surface area contributed by atoms with Crippen LogP contribution in [0.5, 0.6) is 0 Å². The molecule has 0 unspecified atom stereocenters. The zero-order valence-electron chi connectivity index (χ0n) is 15.9. The number of carbonyl (C=O) groups excluding carboxylic acids is 1. The summed E-state index contributed by atoms with van der Waals surface area (Å²) in [7, 11) is 0. The zero-order valence-corrected chi connectivity index (χ0v) is 15.9. The Balaban J connectivity index is 1.36. The monoisotopic (exact) mass is 398 g/mol. The van der Waals surface area contributed by atoms with Gasteiger partial charge in [-0.15, -0.1) is 0 Å². The molecule has 0 N–H and O–H groups in total. The smallest absolute Gasteiger partial charge is 0.257 e. The molecule has 6 nitrogen and oxygen atoms in total. The summed E-state index contributed by atoms with van der Waals surface area (Å²) in [6.07, 6.45) is 0. The molecule has 0 aliphatic carbocycles. The average molecular weight is 398 g/mol. The van der Waals surface area contributed by atoms with Gasteiger partial charge in [0.25, 0.3) is 5.91 Å². The number of hydrogen-bond donors (Lipinski definition) is 0. The minimum Gasteiger partial charge on any atom is -0.338 e. The van der Waals surface area contributed by atoms with Crippen molar-refractivity contribution in [2.75, 3.05) is 26.2 Å². The highest BCUT2D eigenvalue weighted by Crippen LogP contribution is 2.21. The molecule has 0 atom stereocenters. The van der Waals surface area contributed by atoms with Crippen LogP contribution in [-0.4, -0.2) is 52.0 Å². The first-order valence-electron chi connectivity index (χ1n) is 9.36. The summed E-state index contributed by atoms with van der Waals surface area (Å²) >= 11 is 0. The maximum absolute atomic E-state index is 13.9. The highest BCUT2D eigenvalue weighted by molar-refractivity contribution is 5.94. The van der Waals surface area contributed by atoms with Crippen LogP contribution in [-0.2, 0) is 6.54 Å². The summed E-state index contributed by atoms with van der Waals surface area (Å²) in [4.78, 5) is 20.6. The number of aryl methyl sites for hydroxylation is 1. The van der Waals surface area contributed by atoms with Crippen molar-refractivity contribution in [1.29, 1.82) is 0 Å². The van der Waals surface area contributed by atoms with Gasteiger partial charge in [0.05, 0.1) is 12.1 Å². The Morgan fingerprint density at radius 3 is 2.62 bits per heavy atom. The van der Waals surface area contributed by atoms with E-state index in [0.29, 0.717) is 44.4 Å². The van der Waals surface area contributed by atoms with E-state index in [4.69, 9.17) is 4.52 Å². The van der Waals surface area contributed by atoms with Crippen LogP contribution in [0.4, 0.5) is 8.78 Å². The maximum Gasteiger partial charge on any atom is 0.257 e. The van der Waals surface area contributed by atoms with Crippen molar-refractivity contribution in [2.24, 2.45) is 0 Å². The van der Waals surface area contributed by atoms with Gasteiger partial charge in [0.1, 0.15) is 11.6 Å². The molecule has 1 aromatic heterocycles. The number of halogens is 2. The first kappa shape index (κ1) is 19.2. The highest BCUT2D eigenvalue weighted by atomic mass is 19.1. The van der Waals surface area contributed by atoms with Crippen LogP contribution < -0.4 is 0 Å². The molecule has 1 amide bonds. The number of amides is 1. The molecule has 1 fully saturated rings. The van der Waals surface area contributed by atoms with E-state index in [9.17, 15) is 13.6 Å². The van der Waals surface area contributed by atoms with Crippen LogP contribution in [0.25, 0.3) is 11.4 Å². The Hall–Kier alpha value is -3.13. The number of carbonyl (C=O) groups is 1. The summed E-state index contributed by atoms with van der Waals surface area (Å²) < 4.78 is 32.6. The molecule has 1 saturated heterocycles. The van der Waals surface area contributed by atoms with Gasteiger partial charge in [-0.1, -0.05) is 29.4 Å². The third-order valence-electron chi connectivity index (χ3n) is 5.03. The van der Waals surface area contributed by atoms with Crippen LogP contribution in [0.2, 0.25) is 0 Å². The molecular weight excluding hydrogens is 378 g/mol. The van der Waals surface area contributed by atoms with Gasteiger partial charge in [-0.3, -0.25) is 9.69 Å². The molecule has 0 saturated carbocycles. The van der Waals surface area contributed by atoms with Gasteiger partial charge in [0.2, 0.25) is 11.7 Å². The molecular formula is C21H20F2N4O2. The number of rotatable bonds is 4. The average Bonchev–Trinajstić information content (AvgIpc) is 3.18. The Labute approximate surface area is 166 Å². The number of aromatic nitrogens is 2. The minimum absolute atomic E-state index is 0.238. The minimum atomic E-state index is -0.714. The molecule has 8 heteroatoms. The second kappa shape index (κ2) is 8.08. The van der Waals surface area contributed by atoms with Crippen molar-refractivity contribution in [3.05, 3.63) is 71.1 Å². The predicted octanol–water partition coefficient (Wildman–Crippen LogP) is 3.28. The zero-order chi connectivity index (χ0) is 20.4. The van der Waals surface area contributed by atoms with Crippen LogP contribution in [0.1, 0.15) is 21.8 Å². The first-order valence-corrected chi connectivity index (χ1v) is 9.36. The van der Waals surface area contributed by atoms with Crippen LogP contribution in [0.15, 0.2) is 47.0 Å². The quantitative estimate of drug-likeness (QED) is 0.675. The van der Waals surface area contributed by atoms with E-state index in [1.54, 1.807) is 0 Å². The van der Waals surface area contributed by atoms with Gasteiger partial charge < -0.3 is 9.42 Å². The van der Waals surface area contributed by atoms with Gasteiger partial charge in [0, 0.05) is 31.7 Å². The fraction of sp³-hybridized carbons (Fsp3) is 0.286. The van der Waals surface area contributed by atoms with Crippen molar-refractivity contribution in [3.63, 3.8) is 0 Å². The van der Waals surface area contributed by atoms with E-state index in [1.165, 1.54) is 4.90 Å². The number of piperazine rings is 1. The molecule has 2 heterocycles. The second-order valence-corrected chi connectivity index (χ2v) is 7.02. The predicted molar refractivity (Wildman–Crippen MR) is 102 cm³/mol. The number of nitrogens with zero attached hydrogens (tertiary/aromatic N) is 4. The number of hydrogen-bond acceptors (Lipinski definition) is 5. The molecule has 29 heavy (non-hydrogen) atoms.